The van der Waals surface area contributed by atoms with Crippen molar-refractivity contribution in [2.45, 2.75) is 26.4 Å². The lowest BCUT2D eigenvalue weighted by Crippen LogP contribution is -2.28. The zero-order valence-electron chi connectivity index (χ0n) is 13.3. The Bertz CT molecular complexity index is 608. The maximum absolute atomic E-state index is 12.7. The van der Waals surface area contributed by atoms with Crippen LogP contribution < -0.4 is 5.32 Å². The number of hydrogen-bond acceptors (Lipinski definition) is 2. The molecule has 0 saturated carbocycles. The van der Waals surface area contributed by atoms with Crippen LogP contribution in [0.25, 0.3) is 0 Å². The summed E-state index contributed by atoms with van der Waals surface area (Å²) in [6, 6.07) is 14.5. The summed E-state index contributed by atoms with van der Waals surface area (Å²) in [5, 5.41) is 2.84. The Labute approximate surface area is 136 Å². The molecular weight excluding hydrogens is 293 g/mol. The first-order chi connectivity index (χ1) is 11.1. The molecule has 23 heavy (non-hydrogen) atoms. The molecule has 0 fully saturated rings. The second kappa shape index (κ2) is 9.06. The highest BCUT2D eigenvalue weighted by molar-refractivity contribution is 5.77. The standard InChI is InChI=1S/C19H22FNO2/c1-15-4-6-16(7-5-15)3-2-12-21-19(22)14-23-13-17-8-10-18(20)11-9-17/h4-11H,2-3,12-14H2,1H3,(H,21,22). The Morgan fingerprint density at radius 3 is 2.39 bits per heavy atom. The van der Waals surface area contributed by atoms with Crippen molar-refractivity contribution in [1.29, 1.82) is 0 Å². The normalized spacial score (nSPS) is 10.5. The number of carbonyl (C=O) groups excluding carboxylic acids is 1. The molecule has 122 valence electrons. The summed E-state index contributed by atoms with van der Waals surface area (Å²) in [7, 11) is 0. The molecule has 2 aromatic rings. The van der Waals surface area contributed by atoms with Gasteiger partial charge < -0.3 is 10.1 Å². The molecule has 0 saturated heterocycles. The van der Waals surface area contributed by atoms with E-state index in [4.69, 9.17) is 4.74 Å². The topological polar surface area (TPSA) is 38.3 Å². The van der Waals surface area contributed by atoms with E-state index in [-0.39, 0.29) is 18.3 Å². The van der Waals surface area contributed by atoms with Crippen LogP contribution in [-0.2, 0) is 22.6 Å². The van der Waals surface area contributed by atoms with Gasteiger partial charge in [0.05, 0.1) is 6.61 Å². The lowest BCUT2D eigenvalue weighted by Gasteiger charge is -2.07. The minimum atomic E-state index is -0.278. The Balaban J connectivity index is 1.56. The van der Waals surface area contributed by atoms with E-state index in [9.17, 15) is 9.18 Å². The monoisotopic (exact) mass is 315 g/mol. The molecule has 0 aliphatic carbocycles. The summed E-state index contributed by atoms with van der Waals surface area (Å²) in [6.45, 7) is 3.02. The van der Waals surface area contributed by atoms with Gasteiger partial charge in [-0.05, 0) is 43.0 Å². The molecule has 0 aliphatic rings. The third kappa shape index (κ3) is 6.61. The van der Waals surface area contributed by atoms with E-state index in [1.165, 1.54) is 23.3 Å². The van der Waals surface area contributed by atoms with Crippen LogP contribution in [-0.4, -0.2) is 19.1 Å². The van der Waals surface area contributed by atoms with Gasteiger partial charge in [0.1, 0.15) is 12.4 Å². The lowest BCUT2D eigenvalue weighted by molar-refractivity contribution is -0.126. The van der Waals surface area contributed by atoms with E-state index < -0.39 is 0 Å². The van der Waals surface area contributed by atoms with Crippen molar-refractivity contribution in [3.05, 3.63) is 71.0 Å². The predicted molar refractivity (Wildman–Crippen MR) is 88.6 cm³/mol. The molecule has 0 heterocycles. The second-order valence-electron chi connectivity index (χ2n) is 5.56. The van der Waals surface area contributed by atoms with Crippen molar-refractivity contribution in [3.8, 4) is 0 Å². The fourth-order valence-corrected chi connectivity index (χ4v) is 2.17. The first kappa shape index (κ1) is 17.2. The SMILES string of the molecule is Cc1ccc(CCCNC(=O)COCc2ccc(F)cc2)cc1. The number of aryl methyl sites for hydroxylation is 2. The van der Waals surface area contributed by atoms with Crippen LogP contribution >= 0.6 is 0 Å². The highest BCUT2D eigenvalue weighted by Gasteiger charge is 2.02. The fourth-order valence-electron chi connectivity index (χ4n) is 2.17. The van der Waals surface area contributed by atoms with Crippen LogP contribution in [0.5, 0.6) is 0 Å². The number of hydrogen-bond donors (Lipinski definition) is 1. The average Bonchev–Trinajstić information content (AvgIpc) is 2.55. The maximum Gasteiger partial charge on any atom is 0.246 e. The van der Waals surface area contributed by atoms with Gasteiger partial charge in [0.15, 0.2) is 0 Å². The summed E-state index contributed by atoms with van der Waals surface area (Å²) in [5.74, 6) is -0.406. The van der Waals surface area contributed by atoms with E-state index >= 15 is 0 Å². The summed E-state index contributed by atoms with van der Waals surface area (Å²) in [5.41, 5.74) is 3.37. The first-order valence-electron chi connectivity index (χ1n) is 7.78. The van der Waals surface area contributed by atoms with Crippen molar-refractivity contribution < 1.29 is 13.9 Å². The zero-order chi connectivity index (χ0) is 16.5. The van der Waals surface area contributed by atoms with E-state index in [0.717, 1.165) is 18.4 Å². The number of carbonyl (C=O) groups is 1. The Morgan fingerprint density at radius 1 is 1.04 bits per heavy atom. The van der Waals surface area contributed by atoms with Gasteiger partial charge in [-0.1, -0.05) is 42.0 Å². The van der Waals surface area contributed by atoms with Crippen LogP contribution in [0.4, 0.5) is 4.39 Å². The Hall–Kier alpha value is -2.20. The van der Waals surface area contributed by atoms with Gasteiger partial charge >= 0.3 is 0 Å². The molecule has 3 nitrogen and oxygen atoms in total. The third-order valence-corrected chi connectivity index (χ3v) is 3.50. The van der Waals surface area contributed by atoms with Crippen molar-refractivity contribution in [2.75, 3.05) is 13.2 Å². The van der Waals surface area contributed by atoms with Gasteiger partial charge in [-0.25, -0.2) is 4.39 Å². The Morgan fingerprint density at radius 2 is 1.70 bits per heavy atom. The number of ether oxygens (including phenoxy) is 1. The maximum atomic E-state index is 12.7. The molecule has 0 aliphatic heterocycles. The van der Waals surface area contributed by atoms with Gasteiger partial charge in [-0.15, -0.1) is 0 Å². The predicted octanol–water partition coefficient (Wildman–Crippen LogP) is 3.40. The summed E-state index contributed by atoms with van der Waals surface area (Å²) in [4.78, 5) is 11.6. The van der Waals surface area contributed by atoms with Gasteiger partial charge in [-0.2, -0.15) is 0 Å². The molecular formula is C19H22FNO2. The molecule has 0 spiro atoms. The summed E-state index contributed by atoms with van der Waals surface area (Å²) >= 11 is 0. The van der Waals surface area contributed by atoms with Gasteiger partial charge in [-0.3, -0.25) is 4.79 Å². The number of benzene rings is 2. The molecule has 2 aromatic carbocycles. The zero-order valence-corrected chi connectivity index (χ0v) is 13.3. The van der Waals surface area contributed by atoms with E-state index in [1.54, 1.807) is 12.1 Å². The highest BCUT2D eigenvalue weighted by Crippen LogP contribution is 2.05. The van der Waals surface area contributed by atoms with Crippen molar-refractivity contribution in [3.63, 3.8) is 0 Å². The number of rotatable bonds is 8. The van der Waals surface area contributed by atoms with Gasteiger partial charge in [0.25, 0.3) is 0 Å². The number of nitrogens with one attached hydrogen (secondary N) is 1. The largest absolute Gasteiger partial charge is 0.367 e. The van der Waals surface area contributed by atoms with Crippen molar-refractivity contribution >= 4 is 5.91 Å². The summed E-state index contributed by atoms with van der Waals surface area (Å²) in [6.07, 6.45) is 1.84. The molecule has 0 atom stereocenters. The molecule has 4 heteroatoms. The Kier molecular flexibility index (Phi) is 6.76. The molecule has 2 rings (SSSR count). The van der Waals surface area contributed by atoms with Crippen molar-refractivity contribution in [1.82, 2.24) is 5.32 Å². The molecule has 0 unspecified atom stereocenters. The van der Waals surface area contributed by atoms with Crippen LogP contribution in [0.2, 0.25) is 0 Å². The number of halogens is 1. The molecule has 0 bridgehead atoms. The molecule has 0 aromatic heterocycles. The van der Waals surface area contributed by atoms with Crippen LogP contribution in [0, 0.1) is 12.7 Å². The van der Waals surface area contributed by atoms with Crippen LogP contribution in [0.1, 0.15) is 23.1 Å². The second-order valence-corrected chi connectivity index (χ2v) is 5.56. The number of amides is 1. The fraction of sp³-hybridized carbons (Fsp3) is 0.316. The molecule has 1 N–H and O–H groups in total. The minimum Gasteiger partial charge on any atom is -0.367 e. The van der Waals surface area contributed by atoms with E-state index in [0.29, 0.717) is 13.2 Å². The molecule has 1 amide bonds. The molecule has 0 radical (unpaired) electrons. The average molecular weight is 315 g/mol. The van der Waals surface area contributed by atoms with Gasteiger partial charge in [0.2, 0.25) is 5.91 Å². The summed E-state index contributed by atoms with van der Waals surface area (Å²) < 4.78 is 18.1. The van der Waals surface area contributed by atoms with E-state index in [1.807, 2.05) is 0 Å². The van der Waals surface area contributed by atoms with Gasteiger partial charge in [0, 0.05) is 6.54 Å². The van der Waals surface area contributed by atoms with E-state index in [2.05, 4.69) is 36.5 Å². The van der Waals surface area contributed by atoms with Crippen molar-refractivity contribution in [2.24, 2.45) is 0 Å². The third-order valence-electron chi connectivity index (χ3n) is 3.50. The lowest BCUT2D eigenvalue weighted by atomic mass is 10.1. The highest BCUT2D eigenvalue weighted by atomic mass is 19.1. The van der Waals surface area contributed by atoms with Crippen LogP contribution in [0.3, 0.4) is 0 Å². The minimum absolute atomic E-state index is 0.0158. The van der Waals surface area contributed by atoms with Crippen LogP contribution in [0.15, 0.2) is 48.5 Å². The quantitative estimate of drug-likeness (QED) is 0.758. The first-order valence-corrected chi connectivity index (χ1v) is 7.78. The smallest absolute Gasteiger partial charge is 0.246 e.